The molecule has 110 valence electrons. The lowest BCUT2D eigenvalue weighted by atomic mass is 9.82. The third-order valence-electron chi connectivity index (χ3n) is 4.56. The van der Waals surface area contributed by atoms with Crippen LogP contribution in [0.15, 0.2) is 24.3 Å². The molecule has 3 nitrogen and oxygen atoms in total. The van der Waals surface area contributed by atoms with Crippen LogP contribution in [0.1, 0.15) is 49.8 Å². The summed E-state index contributed by atoms with van der Waals surface area (Å²) in [4.78, 5) is 10.9. The van der Waals surface area contributed by atoms with Crippen molar-refractivity contribution >= 4 is 5.97 Å². The standard InChI is InChI=1S/C17H25NO2/c1-12-5-3-4-6-16(12)13(2)18-11-14-7-9-15(10-8-14)17(19)20/h3-6,13-15,18H,7-11H2,1-2H3,(H,19,20). The lowest BCUT2D eigenvalue weighted by Gasteiger charge is -2.27. The molecule has 1 unspecified atom stereocenters. The van der Waals surface area contributed by atoms with Gasteiger partial charge in [-0.05, 0) is 63.1 Å². The normalized spacial score (nSPS) is 24.3. The van der Waals surface area contributed by atoms with E-state index in [0.717, 1.165) is 32.2 Å². The van der Waals surface area contributed by atoms with Gasteiger partial charge in [-0.2, -0.15) is 0 Å². The van der Waals surface area contributed by atoms with Gasteiger partial charge in [0.1, 0.15) is 0 Å². The molecular formula is C17H25NO2. The van der Waals surface area contributed by atoms with E-state index in [1.54, 1.807) is 0 Å². The minimum Gasteiger partial charge on any atom is -0.481 e. The monoisotopic (exact) mass is 275 g/mol. The summed E-state index contributed by atoms with van der Waals surface area (Å²) in [5.74, 6) is -0.109. The first-order valence-electron chi connectivity index (χ1n) is 7.59. The molecule has 1 atom stereocenters. The van der Waals surface area contributed by atoms with Gasteiger partial charge in [-0.25, -0.2) is 0 Å². The largest absolute Gasteiger partial charge is 0.481 e. The predicted molar refractivity (Wildman–Crippen MR) is 80.7 cm³/mol. The molecule has 0 amide bonds. The maximum Gasteiger partial charge on any atom is 0.306 e. The van der Waals surface area contributed by atoms with E-state index in [1.807, 2.05) is 0 Å². The molecule has 20 heavy (non-hydrogen) atoms. The van der Waals surface area contributed by atoms with Gasteiger partial charge in [0.2, 0.25) is 0 Å². The highest BCUT2D eigenvalue weighted by atomic mass is 16.4. The van der Waals surface area contributed by atoms with Crippen LogP contribution < -0.4 is 5.32 Å². The van der Waals surface area contributed by atoms with Crippen LogP contribution in [-0.4, -0.2) is 17.6 Å². The summed E-state index contributed by atoms with van der Waals surface area (Å²) in [7, 11) is 0. The van der Waals surface area contributed by atoms with Gasteiger partial charge in [0.25, 0.3) is 0 Å². The van der Waals surface area contributed by atoms with Crippen LogP contribution in [-0.2, 0) is 4.79 Å². The molecule has 0 aliphatic heterocycles. The van der Waals surface area contributed by atoms with Crippen molar-refractivity contribution in [2.45, 2.75) is 45.6 Å². The number of carbonyl (C=O) groups is 1. The van der Waals surface area contributed by atoms with E-state index in [4.69, 9.17) is 5.11 Å². The van der Waals surface area contributed by atoms with Crippen LogP contribution in [0.2, 0.25) is 0 Å². The number of nitrogens with one attached hydrogen (secondary N) is 1. The second-order valence-electron chi connectivity index (χ2n) is 6.04. The van der Waals surface area contributed by atoms with Gasteiger partial charge < -0.3 is 10.4 Å². The summed E-state index contributed by atoms with van der Waals surface area (Å²) in [6.45, 7) is 5.33. The van der Waals surface area contributed by atoms with Crippen LogP contribution in [0.3, 0.4) is 0 Å². The molecule has 0 aromatic heterocycles. The van der Waals surface area contributed by atoms with E-state index >= 15 is 0 Å². The van der Waals surface area contributed by atoms with Crippen molar-refractivity contribution in [1.29, 1.82) is 0 Å². The average Bonchev–Trinajstić information content (AvgIpc) is 2.45. The maximum atomic E-state index is 10.9. The fraction of sp³-hybridized carbons (Fsp3) is 0.588. The second kappa shape index (κ2) is 6.89. The molecular weight excluding hydrogens is 250 g/mol. The molecule has 1 fully saturated rings. The molecule has 2 N–H and O–H groups in total. The highest BCUT2D eigenvalue weighted by Gasteiger charge is 2.25. The number of rotatable bonds is 5. The summed E-state index contributed by atoms with van der Waals surface area (Å²) < 4.78 is 0. The first-order chi connectivity index (χ1) is 9.58. The molecule has 0 bridgehead atoms. The van der Waals surface area contributed by atoms with E-state index in [1.165, 1.54) is 11.1 Å². The topological polar surface area (TPSA) is 49.3 Å². The SMILES string of the molecule is Cc1ccccc1C(C)NCC1CCC(C(=O)O)CC1. The summed E-state index contributed by atoms with van der Waals surface area (Å²) in [6, 6.07) is 8.82. The first kappa shape index (κ1) is 15.0. The maximum absolute atomic E-state index is 10.9. The van der Waals surface area contributed by atoms with Crippen molar-refractivity contribution in [3.63, 3.8) is 0 Å². The first-order valence-corrected chi connectivity index (χ1v) is 7.59. The average molecular weight is 275 g/mol. The second-order valence-corrected chi connectivity index (χ2v) is 6.04. The Kier molecular flexibility index (Phi) is 5.18. The molecule has 3 heteroatoms. The van der Waals surface area contributed by atoms with E-state index in [2.05, 4.69) is 43.4 Å². The molecule has 0 radical (unpaired) electrons. The molecule has 1 aromatic carbocycles. The number of aryl methyl sites for hydroxylation is 1. The van der Waals surface area contributed by atoms with Crippen molar-refractivity contribution in [3.8, 4) is 0 Å². The summed E-state index contributed by atoms with van der Waals surface area (Å²) in [6.07, 6.45) is 3.73. The fourth-order valence-electron chi connectivity index (χ4n) is 3.14. The van der Waals surface area contributed by atoms with Gasteiger partial charge >= 0.3 is 5.97 Å². The van der Waals surface area contributed by atoms with Crippen LogP contribution in [0, 0.1) is 18.8 Å². The highest BCUT2D eigenvalue weighted by Crippen LogP contribution is 2.29. The zero-order chi connectivity index (χ0) is 14.5. The zero-order valence-corrected chi connectivity index (χ0v) is 12.4. The zero-order valence-electron chi connectivity index (χ0n) is 12.4. The minimum absolute atomic E-state index is 0.111. The van der Waals surface area contributed by atoms with E-state index in [9.17, 15) is 4.79 Å². The van der Waals surface area contributed by atoms with Gasteiger partial charge in [0, 0.05) is 6.04 Å². The molecule has 1 aliphatic rings. The Balaban J connectivity index is 1.79. The number of carboxylic acid groups (broad SMARTS) is 1. The Hall–Kier alpha value is -1.35. The molecule has 0 spiro atoms. The smallest absolute Gasteiger partial charge is 0.306 e. The summed E-state index contributed by atoms with van der Waals surface area (Å²) in [5, 5.41) is 12.6. The number of hydrogen-bond donors (Lipinski definition) is 2. The van der Waals surface area contributed by atoms with Gasteiger partial charge in [-0.15, -0.1) is 0 Å². The Morgan fingerprint density at radius 2 is 1.95 bits per heavy atom. The molecule has 0 saturated heterocycles. The van der Waals surface area contributed by atoms with Crippen LogP contribution >= 0.6 is 0 Å². The van der Waals surface area contributed by atoms with Crippen molar-refractivity contribution in [2.24, 2.45) is 11.8 Å². The lowest BCUT2D eigenvalue weighted by Crippen LogP contribution is -2.30. The summed E-state index contributed by atoms with van der Waals surface area (Å²) >= 11 is 0. The fourth-order valence-corrected chi connectivity index (χ4v) is 3.14. The van der Waals surface area contributed by atoms with Gasteiger partial charge in [0.05, 0.1) is 5.92 Å². The van der Waals surface area contributed by atoms with Crippen molar-refractivity contribution in [3.05, 3.63) is 35.4 Å². The van der Waals surface area contributed by atoms with Crippen LogP contribution in [0.25, 0.3) is 0 Å². The third-order valence-corrected chi connectivity index (χ3v) is 4.56. The van der Waals surface area contributed by atoms with Crippen molar-refractivity contribution in [1.82, 2.24) is 5.32 Å². The van der Waals surface area contributed by atoms with E-state index in [-0.39, 0.29) is 5.92 Å². The van der Waals surface area contributed by atoms with Crippen LogP contribution in [0.5, 0.6) is 0 Å². The Morgan fingerprint density at radius 3 is 2.55 bits per heavy atom. The number of aliphatic carboxylic acids is 1. The Bertz CT molecular complexity index is 450. The predicted octanol–water partition coefficient (Wildman–Crippen LogP) is 3.54. The third kappa shape index (κ3) is 3.83. The lowest BCUT2D eigenvalue weighted by molar-refractivity contribution is -0.143. The highest BCUT2D eigenvalue weighted by molar-refractivity contribution is 5.69. The van der Waals surface area contributed by atoms with E-state index in [0.29, 0.717) is 12.0 Å². The molecule has 0 heterocycles. The van der Waals surface area contributed by atoms with Gasteiger partial charge in [-0.1, -0.05) is 24.3 Å². The van der Waals surface area contributed by atoms with Gasteiger partial charge in [-0.3, -0.25) is 4.79 Å². The number of hydrogen-bond acceptors (Lipinski definition) is 2. The van der Waals surface area contributed by atoms with Crippen molar-refractivity contribution in [2.75, 3.05) is 6.54 Å². The molecule has 1 saturated carbocycles. The molecule has 2 rings (SSSR count). The Morgan fingerprint density at radius 1 is 1.30 bits per heavy atom. The van der Waals surface area contributed by atoms with Gasteiger partial charge in [0.15, 0.2) is 0 Å². The summed E-state index contributed by atoms with van der Waals surface area (Å²) in [5.41, 5.74) is 2.67. The van der Waals surface area contributed by atoms with Crippen molar-refractivity contribution < 1.29 is 9.90 Å². The Labute approximate surface area is 121 Å². The quantitative estimate of drug-likeness (QED) is 0.864. The number of carboxylic acids is 1. The molecule has 1 aliphatic carbocycles. The minimum atomic E-state index is -0.621. The molecule has 1 aromatic rings. The van der Waals surface area contributed by atoms with E-state index < -0.39 is 5.97 Å². The number of benzene rings is 1. The van der Waals surface area contributed by atoms with Crippen LogP contribution in [0.4, 0.5) is 0 Å².